The number of aromatic nitrogens is 2. The van der Waals surface area contributed by atoms with Crippen LogP contribution in [0, 0.1) is 0 Å². The molecule has 36 heavy (non-hydrogen) atoms. The summed E-state index contributed by atoms with van der Waals surface area (Å²) in [6.45, 7) is -0.251. The molecule has 0 unspecified atom stereocenters. The minimum Gasteiger partial charge on any atom is -0.493 e. The minimum absolute atomic E-state index is 0.251. The maximum absolute atomic E-state index is 12.4. The van der Waals surface area contributed by atoms with E-state index in [2.05, 4.69) is 15.8 Å². The topological polar surface area (TPSA) is 107 Å². The van der Waals surface area contributed by atoms with Gasteiger partial charge in [0.25, 0.3) is 11.8 Å². The summed E-state index contributed by atoms with van der Waals surface area (Å²) >= 11 is 0. The predicted octanol–water partition coefficient (Wildman–Crippen LogP) is 3.44. The molecule has 9 heteroatoms. The Kier molecular flexibility index (Phi) is 7.72. The lowest BCUT2D eigenvalue weighted by Crippen LogP contribution is -2.34. The Morgan fingerprint density at radius 3 is 2.33 bits per heavy atom. The second-order valence-corrected chi connectivity index (χ2v) is 7.62. The molecule has 1 aromatic heterocycles. The quantitative estimate of drug-likeness (QED) is 0.280. The molecule has 4 rings (SSSR count). The fourth-order valence-electron chi connectivity index (χ4n) is 3.47. The molecule has 0 aliphatic heterocycles. The number of carbonyl (C=O) groups excluding carboxylic acids is 2. The van der Waals surface area contributed by atoms with Crippen molar-refractivity contribution in [1.29, 1.82) is 0 Å². The van der Waals surface area contributed by atoms with E-state index in [9.17, 15) is 9.59 Å². The highest BCUT2D eigenvalue weighted by atomic mass is 16.5. The summed E-state index contributed by atoms with van der Waals surface area (Å²) in [4.78, 5) is 24.7. The van der Waals surface area contributed by atoms with E-state index in [0.29, 0.717) is 17.1 Å². The number of para-hydroxylation sites is 1. The van der Waals surface area contributed by atoms with Crippen molar-refractivity contribution in [3.63, 3.8) is 0 Å². The molecule has 0 bridgehead atoms. The van der Waals surface area contributed by atoms with Crippen LogP contribution in [0.1, 0.15) is 15.9 Å². The summed E-state index contributed by atoms with van der Waals surface area (Å²) in [5, 5.41) is 11.3. The number of nitrogens with one attached hydrogen (secondary N) is 2. The van der Waals surface area contributed by atoms with E-state index in [4.69, 9.17) is 14.6 Å². The second kappa shape index (κ2) is 11.5. The van der Waals surface area contributed by atoms with Crippen LogP contribution in [0.5, 0.6) is 11.5 Å². The van der Waals surface area contributed by atoms with Gasteiger partial charge in [0.05, 0.1) is 32.7 Å². The van der Waals surface area contributed by atoms with Gasteiger partial charge in [-0.15, -0.1) is 0 Å². The van der Waals surface area contributed by atoms with Gasteiger partial charge in [0.15, 0.2) is 11.5 Å². The zero-order valence-corrected chi connectivity index (χ0v) is 19.8. The van der Waals surface area contributed by atoms with Gasteiger partial charge in [-0.2, -0.15) is 10.2 Å². The van der Waals surface area contributed by atoms with E-state index in [1.165, 1.54) is 20.4 Å². The molecule has 0 fully saturated rings. The van der Waals surface area contributed by atoms with Crippen molar-refractivity contribution in [2.45, 2.75) is 0 Å². The van der Waals surface area contributed by atoms with Crippen LogP contribution in [0.3, 0.4) is 0 Å². The smallest absolute Gasteiger partial charge is 0.259 e. The fraction of sp³-hybridized carbons (Fsp3) is 0.111. The number of hydrogen-bond donors (Lipinski definition) is 2. The number of hydrogen-bond acceptors (Lipinski definition) is 6. The predicted molar refractivity (Wildman–Crippen MR) is 137 cm³/mol. The summed E-state index contributed by atoms with van der Waals surface area (Å²) in [6.07, 6.45) is 3.37. The monoisotopic (exact) mass is 483 g/mol. The van der Waals surface area contributed by atoms with Crippen LogP contribution in [0.2, 0.25) is 0 Å². The van der Waals surface area contributed by atoms with Gasteiger partial charge in [-0.05, 0) is 30.3 Å². The summed E-state index contributed by atoms with van der Waals surface area (Å²) in [7, 11) is 3.00. The van der Waals surface area contributed by atoms with Crippen LogP contribution in [0.4, 0.5) is 0 Å². The Morgan fingerprint density at radius 1 is 0.944 bits per heavy atom. The number of carbonyl (C=O) groups is 2. The molecule has 0 saturated heterocycles. The Balaban J connectivity index is 1.42. The summed E-state index contributed by atoms with van der Waals surface area (Å²) in [5.74, 6) is 0.0263. The van der Waals surface area contributed by atoms with Gasteiger partial charge in [0.1, 0.15) is 5.69 Å². The van der Waals surface area contributed by atoms with Gasteiger partial charge >= 0.3 is 0 Å². The van der Waals surface area contributed by atoms with Crippen molar-refractivity contribution in [2.24, 2.45) is 5.10 Å². The molecule has 4 aromatic rings. The number of amides is 2. The van der Waals surface area contributed by atoms with Crippen LogP contribution in [-0.2, 0) is 4.79 Å². The van der Waals surface area contributed by atoms with Crippen molar-refractivity contribution >= 4 is 18.0 Å². The first-order valence-corrected chi connectivity index (χ1v) is 11.1. The van der Waals surface area contributed by atoms with Crippen molar-refractivity contribution in [1.82, 2.24) is 20.5 Å². The first-order chi connectivity index (χ1) is 17.6. The normalized spacial score (nSPS) is 10.7. The maximum atomic E-state index is 12.4. The Morgan fingerprint density at radius 2 is 1.64 bits per heavy atom. The zero-order valence-electron chi connectivity index (χ0n) is 19.8. The summed E-state index contributed by atoms with van der Waals surface area (Å²) in [5.41, 5.74) is 6.04. The van der Waals surface area contributed by atoms with E-state index in [0.717, 1.165) is 22.5 Å². The Bertz CT molecular complexity index is 1370. The Hall–Kier alpha value is -4.92. The molecule has 182 valence electrons. The van der Waals surface area contributed by atoms with Crippen molar-refractivity contribution < 1.29 is 19.1 Å². The number of benzene rings is 3. The molecule has 2 N–H and O–H groups in total. The maximum Gasteiger partial charge on any atom is 0.259 e. The van der Waals surface area contributed by atoms with E-state index >= 15 is 0 Å². The highest BCUT2D eigenvalue weighted by molar-refractivity contribution is 5.97. The molecule has 0 spiro atoms. The van der Waals surface area contributed by atoms with E-state index in [1.54, 1.807) is 22.9 Å². The standard InChI is InChI=1S/C27H25N5O4/c1-35-23-14-13-20(15-24(23)36-2)27(34)28-17-25(33)30-29-16-21-18-32(22-11-7-4-8-12-22)31-26(21)19-9-5-3-6-10-19/h3-16,18H,17H2,1-2H3,(H,28,34)(H,30,33)/b29-16+. The third-order valence-electron chi connectivity index (χ3n) is 5.26. The van der Waals surface area contributed by atoms with E-state index in [1.807, 2.05) is 66.9 Å². The minimum atomic E-state index is -0.475. The molecule has 3 aromatic carbocycles. The summed E-state index contributed by atoms with van der Waals surface area (Å²) < 4.78 is 12.1. The summed E-state index contributed by atoms with van der Waals surface area (Å²) in [6, 6.07) is 24.2. The van der Waals surface area contributed by atoms with Gasteiger partial charge in [0, 0.05) is 22.9 Å². The lowest BCUT2D eigenvalue weighted by molar-refractivity contribution is -0.120. The SMILES string of the molecule is COc1ccc(C(=O)NCC(=O)N/N=C/c2cn(-c3ccccc3)nc2-c2ccccc2)cc1OC. The van der Waals surface area contributed by atoms with Crippen LogP contribution in [0.15, 0.2) is 90.2 Å². The molecule has 1 heterocycles. The van der Waals surface area contributed by atoms with Gasteiger partial charge in [-0.1, -0.05) is 48.5 Å². The highest BCUT2D eigenvalue weighted by Gasteiger charge is 2.13. The van der Waals surface area contributed by atoms with Crippen LogP contribution < -0.4 is 20.2 Å². The van der Waals surface area contributed by atoms with Gasteiger partial charge in [0.2, 0.25) is 0 Å². The van der Waals surface area contributed by atoms with Gasteiger partial charge < -0.3 is 14.8 Å². The van der Waals surface area contributed by atoms with Crippen LogP contribution in [0.25, 0.3) is 16.9 Å². The lowest BCUT2D eigenvalue weighted by atomic mass is 10.1. The van der Waals surface area contributed by atoms with E-state index in [-0.39, 0.29) is 6.54 Å². The first-order valence-electron chi connectivity index (χ1n) is 11.1. The Labute approximate surface area is 208 Å². The number of nitrogens with zero attached hydrogens (tertiary/aromatic N) is 3. The highest BCUT2D eigenvalue weighted by Crippen LogP contribution is 2.27. The number of hydrazone groups is 1. The molecule has 0 aliphatic rings. The molecule has 0 saturated carbocycles. The molecule has 0 radical (unpaired) electrons. The van der Waals surface area contributed by atoms with Crippen molar-refractivity contribution in [3.8, 4) is 28.4 Å². The first kappa shape index (κ1) is 24.2. The number of ether oxygens (including phenoxy) is 2. The molecule has 2 amide bonds. The third-order valence-corrected chi connectivity index (χ3v) is 5.26. The second-order valence-electron chi connectivity index (χ2n) is 7.62. The molecular formula is C27H25N5O4. The van der Waals surface area contributed by atoms with Crippen LogP contribution >= 0.6 is 0 Å². The zero-order chi connectivity index (χ0) is 25.3. The number of methoxy groups -OCH3 is 2. The van der Waals surface area contributed by atoms with Crippen molar-refractivity contribution in [3.05, 3.63) is 96.2 Å². The fourth-order valence-corrected chi connectivity index (χ4v) is 3.47. The number of rotatable bonds is 9. The van der Waals surface area contributed by atoms with Gasteiger partial charge in [-0.3, -0.25) is 9.59 Å². The largest absolute Gasteiger partial charge is 0.493 e. The molecule has 0 aliphatic carbocycles. The van der Waals surface area contributed by atoms with Crippen molar-refractivity contribution in [2.75, 3.05) is 20.8 Å². The molecule has 9 nitrogen and oxygen atoms in total. The van der Waals surface area contributed by atoms with Gasteiger partial charge in [-0.25, -0.2) is 10.1 Å². The lowest BCUT2D eigenvalue weighted by Gasteiger charge is -2.09. The molecule has 0 atom stereocenters. The molecular weight excluding hydrogens is 458 g/mol. The third kappa shape index (κ3) is 5.76. The average molecular weight is 484 g/mol. The average Bonchev–Trinajstić information content (AvgIpc) is 3.36. The van der Waals surface area contributed by atoms with Crippen LogP contribution in [-0.4, -0.2) is 48.6 Å². The van der Waals surface area contributed by atoms with E-state index < -0.39 is 11.8 Å².